The maximum absolute atomic E-state index is 13.5. The van der Waals surface area contributed by atoms with Gasteiger partial charge in [-0.05, 0) is 18.2 Å². The Morgan fingerprint density at radius 1 is 1.41 bits per heavy atom. The summed E-state index contributed by atoms with van der Waals surface area (Å²) in [6, 6.07) is 6.01. The molecule has 88 valence electrons. The fraction of sp³-hybridized carbons (Fsp3) is 0.0909. The van der Waals surface area contributed by atoms with Crippen LogP contribution in [0.15, 0.2) is 30.5 Å². The van der Waals surface area contributed by atoms with Crippen LogP contribution in [-0.4, -0.2) is 15.7 Å². The third-order valence-corrected chi connectivity index (χ3v) is 2.39. The lowest BCUT2D eigenvalue weighted by atomic mass is 10.1. The molecular formula is C11H11FN4O. The maximum Gasteiger partial charge on any atom is 0.269 e. The Bertz CT molecular complexity index is 564. The van der Waals surface area contributed by atoms with Gasteiger partial charge in [-0.2, -0.15) is 5.10 Å². The maximum atomic E-state index is 13.5. The smallest absolute Gasteiger partial charge is 0.269 e. The second-order valence-electron chi connectivity index (χ2n) is 3.45. The summed E-state index contributed by atoms with van der Waals surface area (Å²) in [5.41, 5.74) is 11.5. The highest BCUT2D eigenvalue weighted by atomic mass is 19.1. The van der Waals surface area contributed by atoms with E-state index in [0.29, 0.717) is 11.3 Å². The number of hydrogen-bond acceptors (Lipinski definition) is 3. The number of nitrogens with two attached hydrogens (primary N) is 2. The van der Waals surface area contributed by atoms with Gasteiger partial charge in [0.15, 0.2) is 0 Å². The van der Waals surface area contributed by atoms with Gasteiger partial charge in [0.2, 0.25) is 0 Å². The summed E-state index contributed by atoms with van der Waals surface area (Å²) in [5, 5.41) is 3.95. The van der Waals surface area contributed by atoms with E-state index in [1.54, 1.807) is 12.1 Å². The number of rotatable bonds is 3. The van der Waals surface area contributed by atoms with E-state index in [4.69, 9.17) is 11.5 Å². The topological polar surface area (TPSA) is 86.9 Å². The molecule has 0 atom stereocenters. The molecule has 0 saturated carbocycles. The van der Waals surface area contributed by atoms with Crippen molar-refractivity contribution >= 4 is 5.91 Å². The number of aromatic nitrogens is 2. The first kappa shape index (κ1) is 11.3. The van der Waals surface area contributed by atoms with Crippen molar-refractivity contribution in [3.8, 4) is 5.69 Å². The minimum Gasteiger partial charge on any atom is -0.364 e. The molecule has 0 bridgehead atoms. The normalized spacial score (nSPS) is 10.5. The Kier molecular flexibility index (Phi) is 2.88. The van der Waals surface area contributed by atoms with Crippen molar-refractivity contribution in [2.24, 2.45) is 11.5 Å². The quantitative estimate of drug-likeness (QED) is 0.813. The number of benzene rings is 1. The average Bonchev–Trinajstić information content (AvgIpc) is 2.77. The molecule has 1 aromatic carbocycles. The van der Waals surface area contributed by atoms with Gasteiger partial charge in [0.1, 0.15) is 11.5 Å². The molecule has 2 rings (SSSR count). The summed E-state index contributed by atoms with van der Waals surface area (Å²) in [6.45, 7) is 0.0494. The van der Waals surface area contributed by atoms with Crippen molar-refractivity contribution in [1.82, 2.24) is 9.78 Å². The predicted molar refractivity (Wildman–Crippen MR) is 59.9 cm³/mol. The molecule has 1 aromatic heterocycles. The van der Waals surface area contributed by atoms with Crippen molar-refractivity contribution in [2.75, 3.05) is 0 Å². The Balaban J connectivity index is 2.52. The number of carbonyl (C=O) groups excluding carboxylic acids is 1. The third-order valence-electron chi connectivity index (χ3n) is 2.39. The van der Waals surface area contributed by atoms with Crippen LogP contribution >= 0.6 is 0 Å². The van der Waals surface area contributed by atoms with E-state index in [0.717, 1.165) is 0 Å². The molecule has 0 aliphatic carbocycles. The van der Waals surface area contributed by atoms with Gasteiger partial charge < -0.3 is 11.5 Å². The van der Waals surface area contributed by atoms with E-state index in [2.05, 4.69) is 5.10 Å². The fourth-order valence-corrected chi connectivity index (χ4v) is 1.55. The van der Waals surface area contributed by atoms with Gasteiger partial charge in [-0.3, -0.25) is 4.79 Å². The van der Waals surface area contributed by atoms with Crippen LogP contribution in [0.3, 0.4) is 0 Å². The molecule has 0 aliphatic rings. The van der Waals surface area contributed by atoms with Crippen molar-refractivity contribution in [3.05, 3.63) is 47.5 Å². The fourth-order valence-electron chi connectivity index (χ4n) is 1.55. The number of carbonyl (C=O) groups is 1. The molecule has 5 nitrogen and oxygen atoms in total. The third kappa shape index (κ3) is 2.02. The van der Waals surface area contributed by atoms with E-state index in [-0.39, 0.29) is 12.2 Å². The Labute approximate surface area is 96.8 Å². The lowest BCUT2D eigenvalue weighted by molar-refractivity contribution is 0.0995. The van der Waals surface area contributed by atoms with Crippen LogP contribution in [0.5, 0.6) is 0 Å². The monoisotopic (exact) mass is 234 g/mol. The molecule has 0 fully saturated rings. The Morgan fingerprint density at radius 3 is 2.76 bits per heavy atom. The lowest BCUT2D eigenvalue weighted by Gasteiger charge is -2.08. The molecule has 0 radical (unpaired) electrons. The van der Waals surface area contributed by atoms with Crippen LogP contribution in [0.25, 0.3) is 5.69 Å². The van der Waals surface area contributed by atoms with E-state index in [9.17, 15) is 9.18 Å². The molecule has 17 heavy (non-hydrogen) atoms. The second kappa shape index (κ2) is 4.34. The zero-order valence-electron chi connectivity index (χ0n) is 8.93. The molecule has 1 amide bonds. The van der Waals surface area contributed by atoms with Crippen LogP contribution in [0, 0.1) is 5.82 Å². The number of nitrogens with zero attached hydrogens (tertiary/aromatic N) is 2. The van der Waals surface area contributed by atoms with Gasteiger partial charge in [0.25, 0.3) is 5.91 Å². The lowest BCUT2D eigenvalue weighted by Crippen LogP contribution is -2.13. The van der Waals surface area contributed by atoms with Gasteiger partial charge in [0.05, 0.1) is 5.69 Å². The summed E-state index contributed by atoms with van der Waals surface area (Å²) in [6.07, 6.45) is 1.54. The molecule has 0 aliphatic heterocycles. The van der Waals surface area contributed by atoms with Gasteiger partial charge in [-0.1, -0.05) is 6.07 Å². The zero-order chi connectivity index (χ0) is 12.4. The number of halogens is 1. The molecule has 0 saturated heterocycles. The standard InChI is InChI=1S/C11H11FN4O/c12-8-2-1-3-10(7(8)6-13)16-5-4-9(15-16)11(14)17/h1-5H,6,13H2,(H2,14,17). The van der Waals surface area contributed by atoms with Gasteiger partial charge >= 0.3 is 0 Å². The predicted octanol–water partition coefficient (Wildman–Crippen LogP) is 0.569. The Hall–Kier alpha value is -2.21. The van der Waals surface area contributed by atoms with Crippen LogP contribution < -0.4 is 11.5 Å². The summed E-state index contributed by atoms with van der Waals surface area (Å²) in [5.74, 6) is -1.03. The van der Waals surface area contributed by atoms with E-state index >= 15 is 0 Å². The van der Waals surface area contributed by atoms with E-state index in [1.165, 1.54) is 23.0 Å². The molecule has 0 unspecified atom stereocenters. The first-order valence-electron chi connectivity index (χ1n) is 4.97. The first-order valence-corrected chi connectivity index (χ1v) is 4.97. The second-order valence-corrected chi connectivity index (χ2v) is 3.45. The highest BCUT2D eigenvalue weighted by Crippen LogP contribution is 2.17. The molecule has 6 heteroatoms. The summed E-state index contributed by atoms with van der Waals surface area (Å²) < 4.78 is 14.9. The Morgan fingerprint density at radius 2 is 2.18 bits per heavy atom. The van der Waals surface area contributed by atoms with Gasteiger partial charge in [-0.25, -0.2) is 9.07 Å². The average molecular weight is 234 g/mol. The summed E-state index contributed by atoms with van der Waals surface area (Å²) in [7, 11) is 0. The van der Waals surface area contributed by atoms with Crippen molar-refractivity contribution < 1.29 is 9.18 Å². The first-order chi connectivity index (χ1) is 8.13. The minimum absolute atomic E-state index is 0.0494. The van der Waals surface area contributed by atoms with Crippen molar-refractivity contribution in [1.29, 1.82) is 0 Å². The summed E-state index contributed by atoms with van der Waals surface area (Å²) >= 11 is 0. The SMILES string of the molecule is NCc1c(F)cccc1-n1ccc(C(N)=O)n1. The van der Waals surface area contributed by atoms with Crippen molar-refractivity contribution in [2.45, 2.75) is 6.54 Å². The van der Waals surface area contributed by atoms with Crippen LogP contribution in [0.1, 0.15) is 16.1 Å². The number of primary amides is 1. The highest BCUT2D eigenvalue weighted by molar-refractivity contribution is 5.90. The van der Waals surface area contributed by atoms with Crippen LogP contribution in [-0.2, 0) is 6.54 Å². The van der Waals surface area contributed by atoms with Crippen molar-refractivity contribution in [3.63, 3.8) is 0 Å². The van der Waals surface area contributed by atoms with E-state index in [1.807, 2.05) is 0 Å². The van der Waals surface area contributed by atoms with Crippen LogP contribution in [0.2, 0.25) is 0 Å². The van der Waals surface area contributed by atoms with E-state index < -0.39 is 11.7 Å². The zero-order valence-corrected chi connectivity index (χ0v) is 8.93. The number of hydrogen-bond donors (Lipinski definition) is 2. The minimum atomic E-state index is -0.630. The largest absolute Gasteiger partial charge is 0.364 e. The summed E-state index contributed by atoms with van der Waals surface area (Å²) in [4.78, 5) is 10.9. The molecule has 2 aromatic rings. The molecule has 0 spiro atoms. The van der Waals surface area contributed by atoms with Gasteiger partial charge in [-0.15, -0.1) is 0 Å². The molecular weight excluding hydrogens is 223 g/mol. The molecule has 4 N–H and O–H groups in total. The van der Waals surface area contributed by atoms with Gasteiger partial charge in [0, 0.05) is 18.3 Å². The van der Waals surface area contributed by atoms with Crippen LogP contribution in [0.4, 0.5) is 4.39 Å². The highest BCUT2D eigenvalue weighted by Gasteiger charge is 2.11. The number of amides is 1. The molecule has 1 heterocycles.